The number of nitrogens with one attached hydrogen (secondary N) is 1. The number of amides is 1. The Morgan fingerprint density at radius 3 is 1.25 bits per heavy atom. The van der Waals surface area contributed by atoms with Crippen molar-refractivity contribution in [3.8, 4) is 33.4 Å². The molecule has 2 N–H and O–H groups in total. The Kier molecular flexibility index (Phi) is 12.8. The van der Waals surface area contributed by atoms with Crippen molar-refractivity contribution in [1.82, 2.24) is 5.32 Å². The lowest BCUT2D eigenvalue weighted by molar-refractivity contribution is -0.645. The van der Waals surface area contributed by atoms with Crippen LogP contribution in [0.2, 0.25) is 0 Å². The summed E-state index contributed by atoms with van der Waals surface area (Å²) in [6.45, 7) is 5.49. The molecule has 8 aromatic carbocycles. The number of pyridine rings is 2. The highest BCUT2D eigenvalue weighted by Crippen LogP contribution is 2.45. The quantitative estimate of drug-likeness (QED) is 0.0466. The lowest BCUT2D eigenvalue weighted by atomic mass is 9.85. The largest absolute Gasteiger partial charge is 0.497 e. The van der Waals surface area contributed by atoms with E-state index in [-0.39, 0.29) is 23.9 Å². The fraction of sp³-hybridized carbons (Fsp3) is 0.161. The highest BCUT2D eigenvalue weighted by molar-refractivity contribution is 6.13. The van der Waals surface area contributed by atoms with Gasteiger partial charge in [-0.2, -0.15) is 9.13 Å². The Balaban J connectivity index is 1.03. The molecule has 0 unspecified atom stereocenters. The van der Waals surface area contributed by atoms with Crippen molar-refractivity contribution < 1.29 is 19.0 Å². The zero-order valence-electron chi connectivity index (χ0n) is 38.7. The molecule has 10 aromatic rings. The van der Waals surface area contributed by atoms with Crippen LogP contribution in [0.1, 0.15) is 62.7 Å². The highest BCUT2D eigenvalue weighted by atomic mass is 16.3. The van der Waals surface area contributed by atoms with E-state index in [1.54, 1.807) is 0 Å². The van der Waals surface area contributed by atoms with Crippen LogP contribution in [0.3, 0.4) is 0 Å². The summed E-state index contributed by atoms with van der Waals surface area (Å²) in [6, 6.07) is 72.7. The first-order chi connectivity index (χ1) is 33.4. The summed E-state index contributed by atoms with van der Waals surface area (Å²) in [4.78, 5) is 17.9. The zero-order valence-corrected chi connectivity index (χ0v) is 38.7. The van der Waals surface area contributed by atoms with Gasteiger partial charge in [0.05, 0.1) is 33.6 Å². The Morgan fingerprint density at radius 1 is 0.456 bits per heavy atom. The molecule has 0 fully saturated rings. The van der Waals surface area contributed by atoms with Crippen LogP contribution in [0, 0.1) is 0 Å². The SMILES string of the molecule is C[C@@H](N=C(O)CCC[n+]1c2ccccc2c(-c2ccccc2-c2ccccc2-c2c3ccccc3[n+](CCCC(=O)N[C@H](C)c3ccccc3)c3ccccc23)c2ccccc21)c1ccccc1. The summed E-state index contributed by atoms with van der Waals surface area (Å²) in [7, 11) is 0. The number of aliphatic hydroxyl groups is 1. The van der Waals surface area contributed by atoms with Crippen molar-refractivity contribution in [2.24, 2.45) is 4.99 Å². The Bertz CT molecular complexity index is 3340. The molecule has 10 rings (SSSR count). The van der Waals surface area contributed by atoms with Gasteiger partial charge in [0.1, 0.15) is 13.1 Å². The minimum absolute atomic E-state index is 0.0509. The zero-order chi connectivity index (χ0) is 46.4. The van der Waals surface area contributed by atoms with Gasteiger partial charge in [0.15, 0.2) is 5.90 Å². The standard InChI is InChI=1S/C62H54N4O2/c1-43(45-23-5-3-6-24-45)63-59(67)39-21-41-65-55-35-17-13-31-51(55)61(52-32-14-18-36-56(52)65)49-29-11-9-27-47(49)48-28-10-12-30-50(48)62-53-33-15-19-37-57(53)66(58-38-20-16-34-54(58)62)42-22-40-60(68)64-44(2)46-25-7-4-8-26-46/h3-20,23-38,43-44H,21-22,39-42H2,1-2H3/p+2/t43-,44-/m1/s1. The number of aliphatic imine (C=N–C) groups is 1. The topological polar surface area (TPSA) is 69.5 Å². The minimum Gasteiger partial charge on any atom is -0.497 e. The second-order valence-corrected chi connectivity index (χ2v) is 17.8. The van der Waals surface area contributed by atoms with Crippen LogP contribution in [0.15, 0.2) is 211 Å². The molecule has 6 heteroatoms. The van der Waals surface area contributed by atoms with Crippen LogP contribution < -0.4 is 14.5 Å². The van der Waals surface area contributed by atoms with E-state index in [0.29, 0.717) is 25.8 Å². The fourth-order valence-electron chi connectivity index (χ4n) is 10.2. The number of nitrogens with zero attached hydrogens (tertiary/aromatic N) is 3. The van der Waals surface area contributed by atoms with Gasteiger partial charge >= 0.3 is 0 Å². The Hall–Kier alpha value is -7.96. The predicted octanol–water partition coefficient (Wildman–Crippen LogP) is 14.0. The molecule has 0 aliphatic heterocycles. The van der Waals surface area contributed by atoms with E-state index < -0.39 is 0 Å². The maximum atomic E-state index is 13.2. The Labute approximate surface area is 398 Å². The molecule has 0 aliphatic rings. The number of carbonyl (C=O) groups excluding carboxylic acids is 1. The number of benzene rings is 8. The molecule has 334 valence electrons. The highest BCUT2D eigenvalue weighted by Gasteiger charge is 2.26. The average Bonchev–Trinajstić information content (AvgIpc) is 3.39. The van der Waals surface area contributed by atoms with Crippen LogP contribution in [0.25, 0.3) is 77.0 Å². The molecule has 0 spiro atoms. The van der Waals surface area contributed by atoms with Gasteiger partial charge in [-0.3, -0.25) is 4.79 Å². The van der Waals surface area contributed by atoms with Crippen molar-refractivity contribution >= 4 is 55.4 Å². The van der Waals surface area contributed by atoms with E-state index in [1.807, 2.05) is 50.2 Å². The van der Waals surface area contributed by atoms with E-state index in [4.69, 9.17) is 0 Å². The monoisotopic (exact) mass is 888 g/mol. The molecule has 6 nitrogen and oxygen atoms in total. The number of carbonyl (C=O) groups is 1. The van der Waals surface area contributed by atoms with Gasteiger partial charge in [-0.1, -0.05) is 158 Å². The van der Waals surface area contributed by atoms with Gasteiger partial charge in [0.25, 0.3) is 0 Å². The molecule has 0 radical (unpaired) electrons. The number of rotatable bonds is 15. The number of aromatic nitrogens is 2. The van der Waals surface area contributed by atoms with Crippen molar-refractivity contribution in [3.05, 3.63) is 217 Å². The van der Waals surface area contributed by atoms with Crippen LogP contribution in [-0.2, 0) is 17.9 Å². The average molecular weight is 889 g/mol. The molecule has 0 bridgehead atoms. The molecular weight excluding hydrogens is 833 g/mol. The summed E-state index contributed by atoms with van der Waals surface area (Å²) >= 11 is 0. The number of hydrogen-bond donors (Lipinski definition) is 2. The van der Waals surface area contributed by atoms with Crippen molar-refractivity contribution in [3.63, 3.8) is 0 Å². The van der Waals surface area contributed by atoms with Crippen molar-refractivity contribution in [2.45, 2.75) is 64.7 Å². The van der Waals surface area contributed by atoms with Gasteiger partial charge < -0.3 is 10.4 Å². The molecular formula is C62H56N4O2+2. The number of aliphatic hydroxyl groups excluding tert-OH is 1. The third-order valence-electron chi connectivity index (χ3n) is 13.4. The lowest BCUT2D eigenvalue weighted by Crippen LogP contribution is -2.37. The first-order valence-corrected chi connectivity index (χ1v) is 23.9. The van der Waals surface area contributed by atoms with Crippen molar-refractivity contribution in [1.29, 1.82) is 0 Å². The number of aryl methyl sites for hydroxylation is 2. The molecule has 2 atom stereocenters. The van der Waals surface area contributed by atoms with E-state index in [2.05, 4.69) is 189 Å². The van der Waals surface area contributed by atoms with E-state index >= 15 is 0 Å². The molecule has 68 heavy (non-hydrogen) atoms. The van der Waals surface area contributed by atoms with E-state index in [0.717, 1.165) is 62.8 Å². The first-order valence-electron chi connectivity index (χ1n) is 23.9. The second-order valence-electron chi connectivity index (χ2n) is 17.8. The number of para-hydroxylation sites is 4. The van der Waals surface area contributed by atoms with Crippen LogP contribution >= 0.6 is 0 Å². The van der Waals surface area contributed by atoms with Crippen LogP contribution in [0.5, 0.6) is 0 Å². The van der Waals surface area contributed by atoms with Gasteiger partial charge in [-0.15, -0.1) is 0 Å². The van der Waals surface area contributed by atoms with Gasteiger partial charge in [-0.05, 0) is 71.5 Å². The summed E-state index contributed by atoms with van der Waals surface area (Å²) < 4.78 is 4.81. The first kappa shape index (κ1) is 43.9. The maximum Gasteiger partial charge on any atom is 0.220 e. The third-order valence-corrected chi connectivity index (χ3v) is 13.4. The van der Waals surface area contributed by atoms with E-state index in [9.17, 15) is 9.90 Å². The third kappa shape index (κ3) is 8.85. The van der Waals surface area contributed by atoms with Crippen LogP contribution in [0.4, 0.5) is 0 Å². The summed E-state index contributed by atoms with van der Waals surface area (Å²) in [6.07, 6.45) is 2.37. The van der Waals surface area contributed by atoms with E-state index in [1.165, 1.54) is 38.2 Å². The molecule has 2 aromatic heterocycles. The van der Waals surface area contributed by atoms with Gasteiger partial charge in [0.2, 0.25) is 28.0 Å². The normalized spacial score (nSPS) is 12.7. The summed E-state index contributed by atoms with van der Waals surface area (Å²) in [5.41, 5.74) is 13.8. The smallest absolute Gasteiger partial charge is 0.220 e. The maximum absolute atomic E-state index is 13.2. The molecule has 1 amide bonds. The van der Waals surface area contributed by atoms with Crippen LogP contribution in [-0.4, -0.2) is 16.9 Å². The van der Waals surface area contributed by atoms with Gasteiger partial charge in [0, 0.05) is 61.1 Å². The predicted molar refractivity (Wildman–Crippen MR) is 280 cm³/mol. The lowest BCUT2D eigenvalue weighted by Gasteiger charge is -2.19. The summed E-state index contributed by atoms with van der Waals surface area (Å²) in [5.74, 6) is 0.242. The van der Waals surface area contributed by atoms with Crippen molar-refractivity contribution in [2.75, 3.05) is 0 Å². The summed E-state index contributed by atoms with van der Waals surface area (Å²) in [5, 5.41) is 18.9. The Morgan fingerprint density at radius 2 is 0.809 bits per heavy atom. The molecule has 0 aliphatic carbocycles. The number of fused-ring (bicyclic) bond motifs is 4. The molecule has 2 heterocycles. The van der Waals surface area contributed by atoms with Gasteiger partial charge in [-0.25, -0.2) is 4.99 Å². The fourth-order valence-corrected chi connectivity index (χ4v) is 10.2. The number of hydrogen-bond acceptors (Lipinski definition) is 2. The second kappa shape index (κ2) is 19.9. The minimum atomic E-state index is -0.114. The molecule has 0 saturated heterocycles. The molecule has 0 saturated carbocycles.